The molecule has 0 fully saturated rings. The van der Waals surface area contributed by atoms with Crippen molar-refractivity contribution in [3.63, 3.8) is 0 Å². The number of Topliss-reactive ketones (excluding diaryl/α,β-unsaturated/α-hetero) is 1. The topological polar surface area (TPSA) is 46.2 Å². The van der Waals surface area contributed by atoms with Crippen LogP contribution in [-0.2, 0) is 0 Å². The molecule has 20 heavy (non-hydrogen) atoms. The molecule has 102 valence electrons. The lowest BCUT2D eigenvalue weighted by Crippen LogP contribution is -2.13. The normalized spacial score (nSPS) is 10.2. The predicted molar refractivity (Wildman–Crippen MR) is 75.8 cm³/mol. The molecule has 0 aliphatic heterocycles. The van der Waals surface area contributed by atoms with Crippen molar-refractivity contribution in [1.82, 2.24) is 0 Å². The first-order chi connectivity index (χ1) is 9.47. The fourth-order valence-electron chi connectivity index (χ4n) is 1.69. The van der Waals surface area contributed by atoms with Crippen LogP contribution < -0.4 is 5.32 Å². The Morgan fingerprint density at radius 2 is 1.90 bits per heavy atom. The first-order valence-electron chi connectivity index (χ1n) is 5.85. The third kappa shape index (κ3) is 3.22. The quantitative estimate of drug-likeness (QED) is 0.871. The zero-order valence-electron chi connectivity index (χ0n) is 10.6. The Bertz CT molecular complexity index is 685. The molecular formula is C15H11ClFNO2. The molecule has 2 rings (SSSR count). The van der Waals surface area contributed by atoms with Gasteiger partial charge in [0.2, 0.25) is 0 Å². The molecule has 0 aliphatic carbocycles. The largest absolute Gasteiger partial charge is 0.322 e. The average Bonchev–Trinajstić information content (AvgIpc) is 2.38. The summed E-state index contributed by atoms with van der Waals surface area (Å²) in [5.74, 6) is -1.07. The maximum Gasteiger partial charge on any atom is 0.257 e. The van der Waals surface area contributed by atoms with E-state index in [1.54, 1.807) is 24.3 Å². The number of benzene rings is 2. The number of hydrogen-bond donors (Lipinski definition) is 1. The van der Waals surface area contributed by atoms with Crippen LogP contribution in [-0.4, -0.2) is 11.7 Å². The number of anilines is 1. The molecule has 0 atom stereocenters. The molecule has 0 unspecified atom stereocenters. The van der Waals surface area contributed by atoms with Gasteiger partial charge in [0.25, 0.3) is 5.91 Å². The summed E-state index contributed by atoms with van der Waals surface area (Å²) in [6.07, 6.45) is 0. The van der Waals surface area contributed by atoms with Crippen LogP contribution in [0.1, 0.15) is 27.6 Å². The summed E-state index contributed by atoms with van der Waals surface area (Å²) in [6, 6.07) is 10.1. The smallest absolute Gasteiger partial charge is 0.257 e. The molecule has 0 saturated carbocycles. The van der Waals surface area contributed by atoms with Crippen LogP contribution in [0.4, 0.5) is 10.1 Å². The molecule has 5 heteroatoms. The maximum atomic E-state index is 12.9. The van der Waals surface area contributed by atoms with Crippen LogP contribution in [0.5, 0.6) is 0 Å². The number of nitrogens with one attached hydrogen (secondary N) is 1. The minimum absolute atomic E-state index is 0.0326. The SMILES string of the molecule is CC(=O)c1cccc(NC(=O)c2ccc(F)cc2Cl)c1. The van der Waals surface area contributed by atoms with Gasteiger partial charge in [0.1, 0.15) is 5.82 Å². The highest BCUT2D eigenvalue weighted by Gasteiger charge is 2.11. The van der Waals surface area contributed by atoms with Gasteiger partial charge in [-0.05, 0) is 37.3 Å². The second kappa shape index (κ2) is 5.84. The predicted octanol–water partition coefficient (Wildman–Crippen LogP) is 3.93. The van der Waals surface area contributed by atoms with E-state index in [2.05, 4.69) is 5.32 Å². The number of amides is 1. The van der Waals surface area contributed by atoms with Gasteiger partial charge in [0.05, 0.1) is 10.6 Å². The fraction of sp³-hybridized carbons (Fsp3) is 0.0667. The van der Waals surface area contributed by atoms with Crippen molar-refractivity contribution in [2.24, 2.45) is 0 Å². The lowest BCUT2D eigenvalue weighted by atomic mass is 10.1. The maximum absolute atomic E-state index is 12.9. The first kappa shape index (κ1) is 14.2. The molecule has 2 aromatic carbocycles. The summed E-state index contributed by atoms with van der Waals surface area (Å²) in [5, 5.41) is 2.65. The Morgan fingerprint density at radius 1 is 1.15 bits per heavy atom. The Morgan fingerprint density at radius 3 is 2.55 bits per heavy atom. The Hall–Kier alpha value is -2.20. The Kier molecular flexibility index (Phi) is 4.15. The fourth-order valence-corrected chi connectivity index (χ4v) is 1.94. The molecule has 0 bridgehead atoms. The average molecular weight is 292 g/mol. The van der Waals surface area contributed by atoms with Crippen LogP contribution in [0.15, 0.2) is 42.5 Å². The van der Waals surface area contributed by atoms with Crippen LogP contribution in [0.2, 0.25) is 5.02 Å². The second-order valence-corrected chi connectivity index (χ2v) is 4.62. The number of ketones is 1. The van der Waals surface area contributed by atoms with E-state index in [-0.39, 0.29) is 16.4 Å². The Labute approximate surface area is 120 Å². The first-order valence-corrected chi connectivity index (χ1v) is 6.22. The van der Waals surface area contributed by atoms with Gasteiger partial charge < -0.3 is 5.32 Å². The summed E-state index contributed by atoms with van der Waals surface area (Å²) in [6.45, 7) is 1.44. The van der Waals surface area contributed by atoms with Gasteiger partial charge in [-0.15, -0.1) is 0 Å². The van der Waals surface area contributed by atoms with Crippen molar-refractivity contribution < 1.29 is 14.0 Å². The van der Waals surface area contributed by atoms with E-state index in [1.807, 2.05) is 0 Å². The third-order valence-electron chi connectivity index (χ3n) is 2.70. The highest BCUT2D eigenvalue weighted by Crippen LogP contribution is 2.19. The standard InChI is InChI=1S/C15H11ClFNO2/c1-9(19)10-3-2-4-12(7-10)18-15(20)13-6-5-11(17)8-14(13)16/h2-8H,1H3,(H,18,20). The van der Waals surface area contributed by atoms with E-state index < -0.39 is 11.7 Å². The number of carbonyl (C=O) groups excluding carboxylic acids is 2. The van der Waals surface area contributed by atoms with Crippen molar-refractivity contribution in [2.75, 3.05) is 5.32 Å². The van der Waals surface area contributed by atoms with Crippen molar-refractivity contribution in [1.29, 1.82) is 0 Å². The van der Waals surface area contributed by atoms with E-state index in [9.17, 15) is 14.0 Å². The minimum atomic E-state index is -0.509. The van der Waals surface area contributed by atoms with E-state index >= 15 is 0 Å². The molecule has 0 radical (unpaired) electrons. The van der Waals surface area contributed by atoms with Gasteiger partial charge >= 0.3 is 0 Å². The zero-order chi connectivity index (χ0) is 14.7. The Balaban J connectivity index is 2.23. The van der Waals surface area contributed by atoms with Crippen LogP contribution >= 0.6 is 11.6 Å². The summed E-state index contributed by atoms with van der Waals surface area (Å²) in [4.78, 5) is 23.3. The van der Waals surface area contributed by atoms with Crippen molar-refractivity contribution in [3.05, 3.63) is 64.4 Å². The van der Waals surface area contributed by atoms with E-state index in [1.165, 1.54) is 13.0 Å². The molecule has 1 N–H and O–H groups in total. The van der Waals surface area contributed by atoms with Crippen LogP contribution in [0.25, 0.3) is 0 Å². The molecule has 0 aromatic heterocycles. The number of halogens is 2. The van der Waals surface area contributed by atoms with Gasteiger partial charge in [0, 0.05) is 11.3 Å². The third-order valence-corrected chi connectivity index (χ3v) is 3.02. The summed E-state index contributed by atoms with van der Waals surface area (Å²) in [5.41, 5.74) is 1.14. The highest BCUT2D eigenvalue weighted by molar-refractivity contribution is 6.34. The van der Waals surface area contributed by atoms with Crippen LogP contribution in [0, 0.1) is 5.82 Å². The van der Waals surface area contributed by atoms with Gasteiger partial charge in [-0.1, -0.05) is 23.7 Å². The summed E-state index contributed by atoms with van der Waals surface area (Å²) < 4.78 is 12.9. The molecule has 1 amide bonds. The lowest BCUT2D eigenvalue weighted by molar-refractivity contribution is 0.101. The molecule has 3 nitrogen and oxygen atoms in total. The molecular weight excluding hydrogens is 281 g/mol. The van der Waals surface area contributed by atoms with Crippen molar-refractivity contribution in [3.8, 4) is 0 Å². The minimum Gasteiger partial charge on any atom is -0.322 e. The van der Waals surface area contributed by atoms with Gasteiger partial charge in [-0.2, -0.15) is 0 Å². The summed E-state index contributed by atoms with van der Waals surface area (Å²) >= 11 is 5.82. The van der Waals surface area contributed by atoms with Gasteiger partial charge in [0.15, 0.2) is 5.78 Å². The van der Waals surface area contributed by atoms with Crippen molar-refractivity contribution >= 4 is 29.0 Å². The number of rotatable bonds is 3. The highest BCUT2D eigenvalue weighted by atomic mass is 35.5. The molecule has 0 saturated heterocycles. The van der Waals surface area contributed by atoms with Crippen LogP contribution in [0.3, 0.4) is 0 Å². The molecule has 0 aliphatic rings. The van der Waals surface area contributed by atoms with E-state index in [0.717, 1.165) is 12.1 Å². The lowest BCUT2D eigenvalue weighted by Gasteiger charge is -2.07. The van der Waals surface area contributed by atoms with Gasteiger partial charge in [-0.25, -0.2) is 4.39 Å². The van der Waals surface area contributed by atoms with E-state index in [0.29, 0.717) is 11.3 Å². The summed E-state index contributed by atoms with van der Waals surface area (Å²) in [7, 11) is 0. The van der Waals surface area contributed by atoms with Gasteiger partial charge in [-0.3, -0.25) is 9.59 Å². The number of carbonyl (C=O) groups is 2. The van der Waals surface area contributed by atoms with E-state index in [4.69, 9.17) is 11.6 Å². The monoisotopic (exact) mass is 291 g/mol. The molecule has 2 aromatic rings. The zero-order valence-corrected chi connectivity index (χ0v) is 11.4. The number of hydrogen-bond acceptors (Lipinski definition) is 2. The molecule has 0 spiro atoms. The van der Waals surface area contributed by atoms with Crippen molar-refractivity contribution in [2.45, 2.75) is 6.92 Å². The molecule has 0 heterocycles. The second-order valence-electron chi connectivity index (χ2n) is 4.22.